The minimum absolute atomic E-state index is 0. The first-order chi connectivity index (χ1) is 14.5. The summed E-state index contributed by atoms with van der Waals surface area (Å²) in [6.07, 6.45) is 1.13. The summed E-state index contributed by atoms with van der Waals surface area (Å²) < 4.78 is 5.48. The SMILES string of the molecule is CCNC(=NCC(O)COc1ccc([N+](=O)[O-])cc1)NC(C)CCc1ccccc1.I. The Balaban J connectivity index is 0.00000480. The first-order valence-corrected chi connectivity index (χ1v) is 10.1. The number of ether oxygens (including phenoxy) is 1. The Labute approximate surface area is 200 Å². The summed E-state index contributed by atoms with van der Waals surface area (Å²) in [4.78, 5) is 14.6. The second-order valence-corrected chi connectivity index (χ2v) is 7.01. The van der Waals surface area contributed by atoms with Gasteiger partial charge in [-0.05, 0) is 44.4 Å². The molecule has 0 saturated carbocycles. The molecule has 0 spiro atoms. The lowest BCUT2D eigenvalue weighted by atomic mass is 10.1. The Morgan fingerprint density at radius 3 is 2.48 bits per heavy atom. The zero-order chi connectivity index (χ0) is 21.8. The highest BCUT2D eigenvalue weighted by Gasteiger charge is 2.10. The maximum atomic E-state index is 10.7. The van der Waals surface area contributed by atoms with E-state index in [1.54, 1.807) is 0 Å². The van der Waals surface area contributed by atoms with Gasteiger partial charge in [-0.15, -0.1) is 24.0 Å². The first kappa shape index (κ1) is 26.6. The number of hydrogen-bond acceptors (Lipinski definition) is 5. The third-order valence-electron chi connectivity index (χ3n) is 4.39. The van der Waals surface area contributed by atoms with Crippen LogP contribution in [0.4, 0.5) is 5.69 Å². The summed E-state index contributed by atoms with van der Waals surface area (Å²) in [7, 11) is 0. The van der Waals surface area contributed by atoms with Gasteiger partial charge >= 0.3 is 0 Å². The van der Waals surface area contributed by atoms with E-state index >= 15 is 0 Å². The van der Waals surface area contributed by atoms with E-state index in [1.165, 1.54) is 29.8 Å². The number of nitrogens with one attached hydrogen (secondary N) is 2. The number of aliphatic hydroxyl groups excluding tert-OH is 1. The molecule has 2 atom stereocenters. The molecular weight excluding hydrogens is 511 g/mol. The van der Waals surface area contributed by atoms with E-state index in [1.807, 2.05) is 25.1 Å². The smallest absolute Gasteiger partial charge is 0.269 e. The molecule has 0 radical (unpaired) electrons. The van der Waals surface area contributed by atoms with Gasteiger partial charge in [0, 0.05) is 24.7 Å². The maximum absolute atomic E-state index is 10.7. The van der Waals surface area contributed by atoms with Crippen molar-refractivity contribution >= 4 is 35.6 Å². The minimum Gasteiger partial charge on any atom is -0.491 e. The third-order valence-corrected chi connectivity index (χ3v) is 4.39. The lowest BCUT2D eigenvalue weighted by molar-refractivity contribution is -0.384. The molecule has 3 N–H and O–H groups in total. The van der Waals surface area contributed by atoms with E-state index in [2.05, 4.69) is 34.7 Å². The number of non-ortho nitro benzene ring substituents is 1. The van der Waals surface area contributed by atoms with Gasteiger partial charge in [0.1, 0.15) is 18.5 Å². The Kier molecular flexibility index (Phi) is 12.5. The summed E-state index contributed by atoms with van der Waals surface area (Å²) in [5.41, 5.74) is 1.29. The third kappa shape index (κ3) is 10.5. The fraction of sp³-hybridized carbons (Fsp3) is 0.409. The van der Waals surface area contributed by atoms with Crippen molar-refractivity contribution in [3.05, 3.63) is 70.3 Å². The molecular formula is C22H31IN4O4. The molecule has 0 heterocycles. The summed E-state index contributed by atoms with van der Waals surface area (Å²) in [6.45, 7) is 5.02. The van der Waals surface area contributed by atoms with Crippen LogP contribution >= 0.6 is 24.0 Å². The van der Waals surface area contributed by atoms with E-state index < -0.39 is 11.0 Å². The highest BCUT2D eigenvalue weighted by molar-refractivity contribution is 14.0. The van der Waals surface area contributed by atoms with Gasteiger partial charge < -0.3 is 20.5 Å². The van der Waals surface area contributed by atoms with Crippen LogP contribution in [-0.2, 0) is 6.42 Å². The van der Waals surface area contributed by atoms with Gasteiger partial charge in [-0.3, -0.25) is 15.1 Å². The van der Waals surface area contributed by atoms with Gasteiger partial charge in [0.2, 0.25) is 0 Å². The van der Waals surface area contributed by atoms with Crippen LogP contribution in [0.25, 0.3) is 0 Å². The van der Waals surface area contributed by atoms with E-state index in [0.29, 0.717) is 18.3 Å². The summed E-state index contributed by atoms with van der Waals surface area (Å²) >= 11 is 0. The van der Waals surface area contributed by atoms with Crippen LogP contribution in [0.2, 0.25) is 0 Å². The number of nitro groups is 1. The topological polar surface area (TPSA) is 109 Å². The molecule has 2 aromatic carbocycles. The number of nitro benzene ring substituents is 1. The molecule has 0 aliphatic rings. The van der Waals surface area contributed by atoms with Gasteiger partial charge in [0.05, 0.1) is 11.5 Å². The van der Waals surface area contributed by atoms with Gasteiger partial charge in [-0.25, -0.2) is 0 Å². The lowest BCUT2D eigenvalue weighted by Crippen LogP contribution is -2.43. The maximum Gasteiger partial charge on any atom is 0.269 e. The average molecular weight is 542 g/mol. The minimum atomic E-state index is -0.796. The molecule has 31 heavy (non-hydrogen) atoms. The molecule has 0 amide bonds. The second-order valence-electron chi connectivity index (χ2n) is 7.01. The summed E-state index contributed by atoms with van der Waals surface area (Å²) in [5, 5.41) is 27.4. The van der Waals surface area contributed by atoms with E-state index in [9.17, 15) is 15.2 Å². The standard InChI is InChI=1S/C22H30N4O4.HI/c1-3-23-22(25-17(2)9-10-18-7-5-4-6-8-18)24-15-20(27)16-30-21-13-11-19(12-14-21)26(28)29;/h4-8,11-14,17,20,27H,3,9-10,15-16H2,1-2H3,(H2,23,24,25);1H. The molecule has 2 unspecified atom stereocenters. The van der Waals surface area contributed by atoms with Gasteiger partial charge in [-0.2, -0.15) is 0 Å². The molecule has 170 valence electrons. The van der Waals surface area contributed by atoms with Crippen molar-refractivity contribution in [2.75, 3.05) is 19.7 Å². The Bertz CT molecular complexity index is 803. The van der Waals surface area contributed by atoms with Crippen LogP contribution in [0.15, 0.2) is 59.6 Å². The fourth-order valence-corrected chi connectivity index (χ4v) is 2.76. The second kappa shape index (κ2) is 14.6. The molecule has 2 rings (SSSR count). The van der Waals surface area contributed by atoms with Gasteiger partial charge in [0.25, 0.3) is 5.69 Å². The quantitative estimate of drug-likeness (QED) is 0.132. The van der Waals surface area contributed by atoms with E-state index in [0.717, 1.165) is 12.8 Å². The molecule has 0 aliphatic heterocycles. The first-order valence-electron chi connectivity index (χ1n) is 10.1. The zero-order valence-corrected chi connectivity index (χ0v) is 20.2. The predicted octanol–water partition coefficient (Wildman–Crippen LogP) is 3.53. The van der Waals surface area contributed by atoms with Crippen LogP contribution in [-0.4, -0.2) is 47.8 Å². The lowest BCUT2D eigenvalue weighted by Gasteiger charge is -2.18. The van der Waals surface area contributed by atoms with Crippen LogP contribution < -0.4 is 15.4 Å². The molecule has 0 bridgehead atoms. The van der Waals surface area contributed by atoms with Gasteiger partial charge in [0.15, 0.2) is 5.96 Å². The highest BCUT2D eigenvalue weighted by atomic mass is 127. The van der Waals surface area contributed by atoms with Gasteiger partial charge in [-0.1, -0.05) is 30.3 Å². The largest absolute Gasteiger partial charge is 0.491 e. The molecule has 2 aromatic rings. The number of aryl methyl sites for hydroxylation is 1. The van der Waals surface area contributed by atoms with Crippen LogP contribution in [0, 0.1) is 10.1 Å². The number of aliphatic hydroxyl groups is 1. The summed E-state index contributed by atoms with van der Waals surface area (Å²) in [6, 6.07) is 16.3. The van der Waals surface area contributed by atoms with Crippen molar-refractivity contribution < 1.29 is 14.8 Å². The van der Waals surface area contributed by atoms with Crippen molar-refractivity contribution in [2.45, 2.75) is 38.8 Å². The molecule has 0 fully saturated rings. The van der Waals surface area contributed by atoms with E-state index in [-0.39, 0.29) is 48.9 Å². The van der Waals surface area contributed by atoms with Crippen molar-refractivity contribution in [2.24, 2.45) is 4.99 Å². The van der Waals surface area contributed by atoms with Crippen LogP contribution in [0.1, 0.15) is 25.8 Å². The number of benzene rings is 2. The number of nitrogens with zero attached hydrogens (tertiary/aromatic N) is 2. The van der Waals surface area contributed by atoms with Crippen LogP contribution in [0.3, 0.4) is 0 Å². The number of rotatable bonds is 11. The number of hydrogen-bond donors (Lipinski definition) is 3. The number of aliphatic imine (C=N–C) groups is 1. The highest BCUT2D eigenvalue weighted by Crippen LogP contribution is 2.17. The molecule has 0 saturated heterocycles. The van der Waals surface area contributed by atoms with Crippen LogP contribution in [0.5, 0.6) is 5.75 Å². The fourth-order valence-electron chi connectivity index (χ4n) is 2.76. The molecule has 9 heteroatoms. The Morgan fingerprint density at radius 2 is 1.87 bits per heavy atom. The monoisotopic (exact) mass is 542 g/mol. The Hall–Kier alpha value is -2.40. The average Bonchev–Trinajstić information content (AvgIpc) is 2.75. The molecule has 8 nitrogen and oxygen atoms in total. The van der Waals surface area contributed by atoms with Crippen molar-refractivity contribution in [3.63, 3.8) is 0 Å². The number of guanidine groups is 1. The molecule has 0 aromatic heterocycles. The zero-order valence-electron chi connectivity index (χ0n) is 17.9. The number of halogens is 1. The summed E-state index contributed by atoms with van der Waals surface area (Å²) in [5.74, 6) is 1.11. The molecule has 0 aliphatic carbocycles. The normalized spacial score (nSPS) is 12.9. The van der Waals surface area contributed by atoms with Crippen molar-refractivity contribution in [1.29, 1.82) is 0 Å². The van der Waals surface area contributed by atoms with Crippen molar-refractivity contribution in [3.8, 4) is 5.75 Å². The Morgan fingerprint density at radius 1 is 1.19 bits per heavy atom. The van der Waals surface area contributed by atoms with E-state index in [4.69, 9.17) is 4.74 Å². The van der Waals surface area contributed by atoms with Crippen molar-refractivity contribution in [1.82, 2.24) is 10.6 Å². The predicted molar refractivity (Wildman–Crippen MR) is 133 cm³/mol.